The summed E-state index contributed by atoms with van der Waals surface area (Å²) < 4.78 is 10.4. The normalized spacial score (nSPS) is 10.8. The van der Waals surface area contributed by atoms with E-state index in [1.54, 1.807) is 30.9 Å². The Hall–Kier alpha value is -3.23. The van der Waals surface area contributed by atoms with Gasteiger partial charge in [0, 0.05) is 19.0 Å². The van der Waals surface area contributed by atoms with E-state index in [0.717, 1.165) is 32.0 Å². The van der Waals surface area contributed by atoms with Crippen molar-refractivity contribution in [3.8, 4) is 15.6 Å². The van der Waals surface area contributed by atoms with Gasteiger partial charge in [0.2, 0.25) is 0 Å². The Morgan fingerprint density at radius 2 is 1.87 bits per heavy atom. The van der Waals surface area contributed by atoms with E-state index in [1.807, 2.05) is 53.9 Å². The summed E-state index contributed by atoms with van der Waals surface area (Å²) >= 11 is 2.93. The molecule has 8 heteroatoms. The average Bonchev–Trinajstić information content (AvgIpc) is 3.48. The lowest BCUT2D eigenvalue weighted by atomic mass is 10.1. The van der Waals surface area contributed by atoms with Crippen molar-refractivity contribution >= 4 is 45.3 Å². The molecule has 2 aromatic carbocycles. The lowest BCUT2D eigenvalue weighted by molar-refractivity contribution is -0.133. The number of carbonyl (C=O) groups excluding carboxylic acids is 2. The molecule has 0 aliphatic rings. The van der Waals surface area contributed by atoms with Crippen LogP contribution in [0.5, 0.6) is 5.75 Å². The van der Waals surface area contributed by atoms with Gasteiger partial charge in [-0.3, -0.25) is 4.79 Å². The van der Waals surface area contributed by atoms with Crippen molar-refractivity contribution in [1.82, 2.24) is 9.88 Å². The monoisotopic (exact) mass is 452 g/mol. The van der Waals surface area contributed by atoms with Gasteiger partial charge in [-0.1, -0.05) is 24.3 Å². The molecule has 0 aliphatic heterocycles. The van der Waals surface area contributed by atoms with Gasteiger partial charge in [-0.05, 0) is 46.0 Å². The Morgan fingerprint density at radius 1 is 1.06 bits per heavy atom. The van der Waals surface area contributed by atoms with Crippen molar-refractivity contribution in [2.45, 2.75) is 6.54 Å². The number of amides is 1. The third-order valence-corrected chi connectivity index (χ3v) is 6.61. The number of benzene rings is 2. The highest BCUT2D eigenvalue weighted by Crippen LogP contribution is 2.28. The minimum absolute atomic E-state index is 0.216. The van der Waals surface area contributed by atoms with Gasteiger partial charge in [0.15, 0.2) is 12.3 Å². The molecule has 4 rings (SSSR count). The van der Waals surface area contributed by atoms with Crippen molar-refractivity contribution in [1.29, 1.82) is 0 Å². The van der Waals surface area contributed by atoms with Crippen LogP contribution in [0.4, 0.5) is 0 Å². The summed E-state index contributed by atoms with van der Waals surface area (Å²) in [6.07, 6.45) is 0. The fraction of sp³-hybridized carbons (Fsp3) is 0.174. The smallest absolute Gasteiger partial charge is 0.358 e. The number of rotatable bonds is 7. The first-order valence-electron chi connectivity index (χ1n) is 9.50. The van der Waals surface area contributed by atoms with Crippen LogP contribution in [0, 0.1) is 0 Å². The lowest BCUT2D eigenvalue weighted by Crippen LogP contribution is -2.30. The van der Waals surface area contributed by atoms with E-state index >= 15 is 0 Å². The van der Waals surface area contributed by atoms with Gasteiger partial charge >= 0.3 is 5.97 Å². The second-order valence-electron chi connectivity index (χ2n) is 6.89. The lowest BCUT2D eigenvalue weighted by Gasteiger charge is -2.17. The molecule has 0 bridgehead atoms. The van der Waals surface area contributed by atoms with Gasteiger partial charge < -0.3 is 14.4 Å². The van der Waals surface area contributed by atoms with Crippen LogP contribution in [-0.2, 0) is 16.1 Å². The van der Waals surface area contributed by atoms with E-state index in [4.69, 9.17) is 9.47 Å². The van der Waals surface area contributed by atoms with Crippen molar-refractivity contribution in [2.24, 2.45) is 0 Å². The number of hydrogen-bond donors (Lipinski definition) is 0. The number of nitrogens with zero attached hydrogens (tertiary/aromatic N) is 2. The molecular weight excluding hydrogens is 432 g/mol. The van der Waals surface area contributed by atoms with E-state index < -0.39 is 5.97 Å². The average molecular weight is 453 g/mol. The van der Waals surface area contributed by atoms with Crippen LogP contribution in [0.25, 0.3) is 20.7 Å². The summed E-state index contributed by atoms with van der Waals surface area (Å²) in [4.78, 5) is 31.5. The molecule has 0 unspecified atom stereocenters. The summed E-state index contributed by atoms with van der Waals surface area (Å²) in [7, 11) is 3.33. The number of ether oxygens (including phenoxy) is 2. The first-order chi connectivity index (χ1) is 15.0. The van der Waals surface area contributed by atoms with Crippen LogP contribution in [0.2, 0.25) is 0 Å². The van der Waals surface area contributed by atoms with Gasteiger partial charge in [0.05, 0.1) is 12.0 Å². The van der Waals surface area contributed by atoms with E-state index in [1.165, 1.54) is 16.2 Å². The van der Waals surface area contributed by atoms with E-state index in [2.05, 4.69) is 4.98 Å². The van der Waals surface area contributed by atoms with Gasteiger partial charge in [-0.2, -0.15) is 0 Å². The molecule has 2 aromatic heterocycles. The Labute approximate surface area is 187 Å². The summed E-state index contributed by atoms with van der Waals surface area (Å²) in [5.41, 5.74) is 1.20. The molecule has 0 fully saturated rings. The third-order valence-electron chi connectivity index (χ3n) is 4.73. The molecular formula is C23H20N2O4S2. The maximum Gasteiger partial charge on any atom is 0.358 e. The van der Waals surface area contributed by atoms with E-state index in [9.17, 15) is 9.59 Å². The Bertz CT molecular complexity index is 1220. The van der Waals surface area contributed by atoms with Crippen LogP contribution in [0.1, 0.15) is 16.1 Å². The van der Waals surface area contributed by atoms with E-state index in [0.29, 0.717) is 6.54 Å². The number of aromatic nitrogens is 1. The first-order valence-corrected chi connectivity index (χ1v) is 11.3. The van der Waals surface area contributed by atoms with Crippen molar-refractivity contribution in [3.05, 3.63) is 70.5 Å². The Kier molecular flexibility index (Phi) is 6.29. The molecule has 0 atom stereocenters. The molecule has 0 aliphatic carbocycles. The van der Waals surface area contributed by atoms with Crippen molar-refractivity contribution in [3.63, 3.8) is 0 Å². The van der Waals surface area contributed by atoms with E-state index in [-0.39, 0.29) is 18.2 Å². The second-order valence-corrected chi connectivity index (χ2v) is 8.69. The van der Waals surface area contributed by atoms with Crippen molar-refractivity contribution in [2.75, 3.05) is 20.8 Å². The molecule has 4 aromatic rings. The van der Waals surface area contributed by atoms with Gasteiger partial charge in [-0.15, -0.1) is 22.7 Å². The number of thiazole rings is 1. The van der Waals surface area contributed by atoms with Crippen molar-refractivity contribution < 1.29 is 19.1 Å². The molecule has 1 amide bonds. The number of fused-ring (bicyclic) bond motifs is 1. The standard InChI is InChI=1S/C23H20N2O4S2/c1-25(12-15-5-6-17-11-18(28-2)8-7-16(17)10-15)21(26)13-29-23(27)19-14-31-22(24-19)20-4-3-9-30-20/h3-11,14H,12-13H2,1-2H3. The fourth-order valence-electron chi connectivity index (χ4n) is 3.05. The molecule has 0 saturated heterocycles. The number of methoxy groups -OCH3 is 1. The molecule has 0 N–H and O–H groups in total. The highest BCUT2D eigenvalue weighted by molar-refractivity contribution is 7.20. The summed E-state index contributed by atoms with van der Waals surface area (Å²) in [5.74, 6) is -0.0747. The number of esters is 1. The molecule has 0 radical (unpaired) electrons. The predicted molar refractivity (Wildman–Crippen MR) is 123 cm³/mol. The maximum atomic E-state index is 12.4. The van der Waals surface area contributed by atoms with Gasteiger partial charge in [0.25, 0.3) is 5.91 Å². The predicted octanol–water partition coefficient (Wildman–Crippen LogP) is 4.85. The number of carbonyl (C=O) groups is 2. The molecule has 31 heavy (non-hydrogen) atoms. The Balaban J connectivity index is 1.33. The van der Waals surface area contributed by atoms with Crippen LogP contribution in [-0.4, -0.2) is 42.5 Å². The fourth-order valence-corrected chi connectivity index (χ4v) is 4.66. The molecule has 0 saturated carbocycles. The highest BCUT2D eigenvalue weighted by Gasteiger charge is 2.17. The number of likely N-dealkylation sites (N-methyl/N-ethyl adjacent to an activating group) is 1. The van der Waals surface area contributed by atoms with Crippen LogP contribution < -0.4 is 4.74 Å². The largest absolute Gasteiger partial charge is 0.497 e. The SMILES string of the molecule is COc1ccc2cc(CN(C)C(=O)COC(=O)c3csc(-c4cccs4)n3)ccc2c1. The van der Waals surface area contributed by atoms with Gasteiger partial charge in [0.1, 0.15) is 10.8 Å². The molecule has 6 nitrogen and oxygen atoms in total. The van der Waals surface area contributed by atoms with Crippen LogP contribution >= 0.6 is 22.7 Å². The molecule has 158 valence electrons. The zero-order valence-corrected chi connectivity index (χ0v) is 18.7. The number of hydrogen-bond acceptors (Lipinski definition) is 7. The minimum atomic E-state index is -0.597. The van der Waals surface area contributed by atoms with Gasteiger partial charge in [-0.25, -0.2) is 9.78 Å². The second kappa shape index (κ2) is 9.28. The number of thiophene rings is 1. The summed E-state index contributed by atoms with van der Waals surface area (Å²) in [6.45, 7) is 0.0869. The zero-order chi connectivity index (χ0) is 21.8. The molecule has 0 spiro atoms. The third kappa shape index (κ3) is 4.92. The summed E-state index contributed by atoms with van der Waals surface area (Å²) in [5, 5.41) is 6.50. The maximum absolute atomic E-state index is 12.4. The highest BCUT2D eigenvalue weighted by atomic mass is 32.1. The van der Waals surface area contributed by atoms with Crippen LogP contribution in [0.3, 0.4) is 0 Å². The molecule has 2 heterocycles. The minimum Gasteiger partial charge on any atom is -0.497 e. The Morgan fingerprint density at radius 3 is 2.65 bits per heavy atom. The zero-order valence-electron chi connectivity index (χ0n) is 17.0. The first kappa shape index (κ1) is 21.0. The summed E-state index contributed by atoms with van der Waals surface area (Å²) in [6, 6.07) is 15.7. The quantitative estimate of drug-likeness (QED) is 0.375. The topological polar surface area (TPSA) is 68.7 Å². The van der Waals surface area contributed by atoms with Crippen LogP contribution in [0.15, 0.2) is 59.3 Å².